The standard InChI is InChI=1S/C29H50N2O2S/c1-6-7-11-21-25(20-13-12-19(14-20)18(4)10-8-9-17(2)3)27(33)26(32)22-15-23-24(16-29(21,22)5)34-28(30)31-23/h17-22,25-27,32-33H,6-16H2,1-5H3,(H2,30,31)/t18-,19+,20-,21+,22-,25+,26-,27-,29-/m1/s1. The number of hydrogen-bond donors (Lipinski definition) is 3. The van der Waals surface area contributed by atoms with Crippen LogP contribution >= 0.6 is 11.3 Å². The molecular formula is C29H50N2O2S. The van der Waals surface area contributed by atoms with Gasteiger partial charge in [0.15, 0.2) is 5.13 Å². The molecule has 4 nitrogen and oxygen atoms in total. The number of aromatic nitrogens is 1. The summed E-state index contributed by atoms with van der Waals surface area (Å²) in [7, 11) is 0. The highest BCUT2D eigenvalue weighted by atomic mass is 32.1. The monoisotopic (exact) mass is 490 g/mol. The maximum atomic E-state index is 11.6. The van der Waals surface area contributed by atoms with Crippen LogP contribution in [0.5, 0.6) is 0 Å². The van der Waals surface area contributed by atoms with Gasteiger partial charge >= 0.3 is 0 Å². The van der Waals surface area contributed by atoms with Crippen molar-refractivity contribution in [1.29, 1.82) is 0 Å². The Balaban J connectivity index is 1.55. The number of rotatable bonds is 9. The minimum absolute atomic E-state index is 0.00538. The maximum Gasteiger partial charge on any atom is 0.180 e. The third-order valence-corrected chi connectivity index (χ3v) is 11.2. The van der Waals surface area contributed by atoms with Gasteiger partial charge in [-0.1, -0.05) is 66.7 Å². The van der Waals surface area contributed by atoms with Crippen molar-refractivity contribution in [3.8, 4) is 0 Å². The quantitative estimate of drug-likeness (QED) is 0.370. The lowest BCUT2D eigenvalue weighted by Gasteiger charge is -2.58. The summed E-state index contributed by atoms with van der Waals surface area (Å²) in [6.07, 6.45) is 11.7. The summed E-state index contributed by atoms with van der Waals surface area (Å²) in [4.78, 5) is 5.91. The van der Waals surface area contributed by atoms with Crippen LogP contribution in [0.2, 0.25) is 0 Å². The summed E-state index contributed by atoms with van der Waals surface area (Å²) < 4.78 is 0. The van der Waals surface area contributed by atoms with Gasteiger partial charge < -0.3 is 15.9 Å². The van der Waals surface area contributed by atoms with E-state index in [1.807, 2.05) is 0 Å². The van der Waals surface area contributed by atoms with Crippen molar-refractivity contribution >= 4 is 16.5 Å². The molecule has 0 spiro atoms. The van der Waals surface area contributed by atoms with Crippen molar-refractivity contribution in [2.75, 3.05) is 5.73 Å². The van der Waals surface area contributed by atoms with Gasteiger partial charge in [-0.15, -0.1) is 11.3 Å². The second-order valence-electron chi connectivity index (χ2n) is 12.9. The SMILES string of the molecule is CCCC[C@H]1[C@H]([C@@H]2CC[C@H]([C@H](C)CCCC(C)C)C2)[C@@H](O)[C@H](O)[C@H]2Cc3nc(N)sc3C[C@@]21C. The molecule has 4 N–H and O–H groups in total. The number of unbranched alkanes of at least 4 members (excludes halogenated alkanes) is 1. The Labute approximate surface area is 212 Å². The van der Waals surface area contributed by atoms with Crippen LogP contribution in [0, 0.1) is 46.8 Å². The zero-order valence-electron chi connectivity index (χ0n) is 22.3. The zero-order chi connectivity index (χ0) is 24.6. The molecule has 1 heterocycles. The second-order valence-corrected chi connectivity index (χ2v) is 14.0. The Morgan fingerprint density at radius 3 is 2.59 bits per heavy atom. The summed E-state index contributed by atoms with van der Waals surface area (Å²) in [5.41, 5.74) is 7.16. The van der Waals surface area contributed by atoms with E-state index in [0.717, 1.165) is 42.7 Å². The third-order valence-electron chi connectivity index (χ3n) is 10.2. The maximum absolute atomic E-state index is 11.6. The van der Waals surface area contributed by atoms with Crippen molar-refractivity contribution in [3.05, 3.63) is 10.6 Å². The number of nitrogens with two attached hydrogens (primary N) is 1. The normalized spacial score (nSPS) is 38.6. The molecule has 0 bridgehead atoms. The molecule has 5 heteroatoms. The fraction of sp³-hybridized carbons (Fsp3) is 0.897. The molecule has 0 aromatic carbocycles. The average Bonchev–Trinajstić information content (AvgIpc) is 3.39. The highest BCUT2D eigenvalue weighted by molar-refractivity contribution is 7.15. The second kappa shape index (κ2) is 10.8. The lowest BCUT2D eigenvalue weighted by atomic mass is 9.48. The van der Waals surface area contributed by atoms with Gasteiger partial charge in [-0.2, -0.15) is 0 Å². The number of thiazole rings is 1. The molecule has 0 unspecified atom stereocenters. The van der Waals surface area contributed by atoms with E-state index < -0.39 is 12.2 Å². The van der Waals surface area contributed by atoms with Gasteiger partial charge in [0.05, 0.1) is 17.9 Å². The first kappa shape index (κ1) is 26.4. The molecule has 0 aliphatic heterocycles. The molecule has 194 valence electrons. The number of fused-ring (bicyclic) bond motifs is 2. The summed E-state index contributed by atoms with van der Waals surface area (Å²) in [6.45, 7) is 11.8. The number of nitrogens with zero attached hydrogens (tertiary/aromatic N) is 1. The Bertz CT molecular complexity index is 810. The van der Waals surface area contributed by atoms with E-state index in [0.29, 0.717) is 17.0 Å². The third kappa shape index (κ3) is 5.09. The molecule has 0 saturated heterocycles. The molecule has 4 rings (SSSR count). The van der Waals surface area contributed by atoms with Crippen molar-refractivity contribution in [2.45, 2.75) is 117 Å². The first-order valence-corrected chi connectivity index (χ1v) is 15.1. The molecule has 3 aliphatic rings. The molecule has 3 aliphatic carbocycles. The van der Waals surface area contributed by atoms with E-state index >= 15 is 0 Å². The van der Waals surface area contributed by atoms with E-state index in [9.17, 15) is 10.2 Å². The minimum atomic E-state index is -0.661. The van der Waals surface area contributed by atoms with Gasteiger partial charge in [0.2, 0.25) is 0 Å². The minimum Gasteiger partial charge on any atom is -0.390 e. The van der Waals surface area contributed by atoms with Crippen LogP contribution in [0.3, 0.4) is 0 Å². The Kier molecular flexibility index (Phi) is 8.36. The molecule has 0 amide bonds. The Hall–Kier alpha value is -0.650. The largest absolute Gasteiger partial charge is 0.390 e. The van der Waals surface area contributed by atoms with E-state index in [1.165, 1.54) is 56.2 Å². The van der Waals surface area contributed by atoms with Crippen LogP contribution in [0.1, 0.15) is 103 Å². The molecule has 0 radical (unpaired) electrons. The summed E-state index contributed by atoms with van der Waals surface area (Å²) in [5, 5.41) is 23.7. The first-order chi connectivity index (χ1) is 16.2. The molecular weight excluding hydrogens is 440 g/mol. The molecule has 2 saturated carbocycles. The predicted octanol–water partition coefficient (Wildman–Crippen LogP) is 6.48. The van der Waals surface area contributed by atoms with Gasteiger partial charge in [-0.05, 0) is 85.4 Å². The van der Waals surface area contributed by atoms with Crippen LogP contribution in [0.25, 0.3) is 0 Å². The predicted molar refractivity (Wildman–Crippen MR) is 143 cm³/mol. The number of anilines is 1. The van der Waals surface area contributed by atoms with Gasteiger partial charge in [-0.3, -0.25) is 0 Å². The first-order valence-electron chi connectivity index (χ1n) is 14.3. The molecule has 1 aromatic rings. The summed E-state index contributed by atoms with van der Waals surface area (Å²) in [5.74, 6) is 3.61. The lowest BCUT2D eigenvalue weighted by molar-refractivity contribution is -0.180. The van der Waals surface area contributed by atoms with Crippen molar-refractivity contribution in [1.82, 2.24) is 4.98 Å². The van der Waals surface area contributed by atoms with E-state index in [1.54, 1.807) is 11.3 Å². The zero-order valence-corrected chi connectivity index (χ0v) is 23.1. The molecule has 1 aromatic heterocycles. The van der Waals surface area contributed by atoms with Gasteiger partial charge in [0, 0.05) is 4.88 Å². The van der Waals surface area contributed by atoms with Gasteiger partial charge in [0.25, 0.3) is 0 Å². The van der Waals surface area contributed by atoms with E-state index in [2.05, 4.69) is 39.6 Å². The number of nitrogen functional groups attached to an aromatic ring is 1. The number of aliphatic hydroxyl groups excluding tert-OH is 2. The number of hydrogen-bond acceptors (Lipinski definition) is 5. The van der Waals surface area contributed by atoms with Crippen molar-refractivity contribution < 1.29 is 10.2 Å². The van der Waals surface area contributed by atoms with E-state index in [-0.39, 0.29) is 17.3 Å². The summed E-state index contributed by atoms with van der Waals surface area (Å²) >= 11 is 1.64. The van der Waals surface area contributed by atoms with Crippen molar-refractivity contribution in [2.24, 2.45) is 46.8 Å². The van der Waals surface area contributed by atoms with Crippen LogP contribution < -0.4 is 5.73 Å². The smallest absolute Gasteiger partial charge is 0.180 e. The molecule has 34 heavy (non-hydrogen) atoms. The average molecular weight is 491 g/mol. The molecule has 9 atom stereocenters. The Morgan fingerprint density at radius 1 is 1.12 bits per heavy atom. The Morgan fingerprint density at radius 2 is 1.88 bits per heavy atom. The highest BCUT2D eigenvalue weighted by Crippen LogP contribution is 2.60. The topological polar surface area (TPSA) is 79.4 Å². The number of aliphatic hydroxyl groups is 2. The molecule has 2 fully saturated rings. The lowest BCUT2D eigenvalue weighted by Crippen LogP contribution is -2.61. The van der Waals surface area contributed by atoms with Crippen LogP contribution in [0.15, 0.2) is 0 Å². The van der Waals surface area contributed by atoms with E-state index in [4.69, 9.17) is 5.73 Å². The van der Waals surface area contributed by atoms with Crippen LogP contribution in [-0.4, -0.2) is 27.4 Å². The fourth-order valence-electron chi connectivity index (χ4n) is 8.24. The van der Waals surface area contributed by atoms with Gasteiger partial charge in [0.1, 0.15) is 0 Å². The van der Waals surface area contributed by atoms with Crippen LogP contribution in [-0.2, 0) is 12.8 Å². The summed E-state index contributed by atoms with van der Waals surface area (Å²) in [6, 6.07) is 0. The van der Waals surface area contributed by atoms with Crippen molar-refractivity contribution in [3.63, 3.8) is 0 Å². The van der Waals surface area contributed by atoms with Crippen LogP contribution in [0.4, 0.5) is 5.13 Å². The highest BCUT2D eigenvalue weighted by Gasteiger charge is 2.59. The fourth-order valence-corrected chi connectivity index (χ4v) is 9.27. The van der Waals surface area contributed by atoms with Gasteiger partial charge in [-0.25, -0.2) is 4.98 Å².